The van der Waals surface area contributed by atoms with Crippen LogP contribution < -0.4 is 4.90 Å². The molecular formula is C11H8F3NO5S. The van der Waals surface area contributed by atoms with Crippen LogP contribution in [0.4, 0.5) is 18.4 Å². The van der Waals surface area contributed by atoms with Gasteiger partial charge in [-0.3, -0.25) is 4.79 Å². The van der Waals surface area contributed by atoms with Crippen molar-refractivity contribution in [1.29, 1.82) is 0 Å². The Morgan fingerprint density at radius 3 is 2.38 bits per heavy atom. The van der Waals surface area contributed by atoms with E-state index in [0.717, 1.165) is 12.1 Å². The van der Waals surface area contributed by atoms with Crippen molar-refractivity contribution in [1.82, 2.24) is 0 Å². The van der Waals surface area contributed by atoms with E-state index in [2.05, 4.69) is 0 Å². The van der Waals surface area contributed by atoms with Gasteiger partial charge in [0.15, 0.2) is 11.6 Å². The van der Waals surface area contributed by atoms with Gasteiger partial charge < -0.3 is 10.0 Å². The molecule has 0 radical (unpaired) electrons. The molecular weight excluding hydrogens is 315 g/mol. The number of hydrogen-bond acceptors (Lipinski definition) is 4. The number of nitrogens with zero attached hydrogens (tertiary/aromatic N) is 1. The van der Waals surface area contributed by atoms with E-state index < -0.39 is 63.2 Å². The molecule has 0 aliphatic carbocycles. The fourth-order valence-corrected chi connectivity index (χ4v) is 2.68. The predicted octanol–water partition coefficient (Wildman–Crippen LogP) is 1.07. The van der Waals surface area contributed by atoms with Crippen molar-refractivity contribution in [3.8, 4) is 0 Å². The number of hydrogen-bond donors (Lipinski definition) is 1. The summed E-state index contributed by atoms with van der Waals surface area (Å²) in [7, 11) is -4.99. The molecule has 21 heavy (non-hydrogen) atoms. The Kier molecular flexibility index (Phi) is 3.66. The van der Waals surface area contributed by atoms with E-state index in [1.54, 1.807) is 0 Å². The van der Waals surface area contributed by atoms with Crippen molar-refractivity contribution in [3.63, 3.8) is 0 Å². The maximum Gasteiger partial charge on any atom is 0.338 e. The van der Waals surface area contributed by atoms with Gasteiger partial charge in [-0.1, -0.05) is 0 Å². The van der Waals surface area contributed by atoms with Gasteiger partial charge >= 0.3 is 16.2 Å². The maximum atomic E-state index is 13.8. The zero-order valence-corrected chi connectivity index (χ0v) is 11.0. The second kappa shape index (κ2) is 5.02. The minimum absolute atomic E-state index is 0.575. The van der Waals surface area contributed by atoms with Crippen LogP contribution in [0.2, 0.25) is 0 Å². The van der Waals surface area contributed by atoms with Gasteiger partial charge in [0.25, 0.3) is 0 Å². The Hall–Kier alpha value is -2.10. The third kappa shape index (κ3) is 2.71. The summed E-state index contributed by atoms with van der Waals surface area (Å²) in [5.74, 6) is -5.89. The zero-order valence-electron chi connectivity index (χ0n) is 10.2. The quantitative estimate of drug-likeness (QED) is 0.840. The number of amides is 1. The lowest BCUT2D eigenvalue weighted by atomic mass is 10.1. The zero-order chi connectivity index (χ0) is 15.9. The lowest BCUT2D eigenvalue weighted by Crippen LogP contribution is -2.28. The molecule has 1 aliphatic rings. The summed E-state index contributed by atoms with van der Waals surface area (Å²) in [6.07, 6.45) is -0.694. The van der Waals surface area contributed by atoms with Gasteiger partial charge in [-0.05, 0) is 12.1 Å². The number of halogens is 3. The number of rotatable bonds is 3. The van der Waals surface area contributed by atoms with Gasteiger partial charge in [-0.25, -0.2) is 13.6 Å². The van der Waals surface area contributed by atoms with Crippen molar-refractivity contribution in [2.24, 2.45) is 0 Å². The van der Waals surface area contributed by atoms with Crippen molar-refractivity contribution >= 4 is 27.8 Å². The second-order valence-electron chi connectivity index (χ2n) is 4.37. The van der Waals surface area contributed by atoms with Crippen LogP contribution in [0.15, 0.2) is 12.1 Å². The molecule has 1 unspecified atom stereocenters. The third-order valence-corrected chi connectivity index (χ3v) is 4.18. The van der Waals surface area contributed by atoms with E-state index in [1.807, 2.05) is 0 Å². The number of anilines is 1. The van der Waals surface area contributed by atoms with Gasteiger partial charge in [-0.2, -0.15) is 8.42 Å². The summed E-state index contributed by atoms with van der Waals surface area (Å²) in [5.41, 5.74) is -1.56. The molecule has 10 heteroatoms. The van der Waals surface area contributed by atoms with Gasteiger partial charge in [0.1, 0.15) is 5.25 Å². The van der Waals surface area contributed by atoms with Crippen LogP contribution in [0.5, 0.6) is 0 Å². The first-order valence-corrected chi connectivity index (χ1v) is 7.02. The maximum absolute atomic E-state index is 13.8. The van der Waals surface area contributed by atoms with Gasteiger partial charge in [-0.15, -0.1) is 3.89 Å². The molecule has 1 atom stereocenters. The number of carbonyl (C=O) groups excluding carboxylic acids is 1. The minimum Gasteiger partial charge on any atom is -0.478 e. The normalized spacial score (nSPS) is 19.1. The fraction of sp³-hybridized carbons (Fsp3) is 0.273. The number of carboxylic acids is 1. The Bertz CT molecular complexity index is 734. The van der Waals surface area contributed by atoms with Gasteiger partial charge in [0, 0.05) is 13.0 Å². The van der Waals surface area contributed by atoms with Crippen LogP contribution in [-0.2, 0) is 15.0 Å². The van der Waals surface area contributed by atoms with Crippen LogP contribution in [-0.4, -0.2) is 37.2 Å². The Morgan fingerprint density at radius 2 is 1.90 bits per heavy atom. The summed E-state index contributed by atoms with van der Waals surface area (Å²) in [4.78, 5) is 22.8. The topological polar surface area (TPSA) is 91.8 Å². The van der Waals surface area contributed by atoms with Crippen LogP contribution in [0.3, 0.4) is 0 Å². The van der Waals surface area contributed by atoms with Crippen molar-refractivity contribution in [2.45, 2.75) is 11.7 Å². The van der Waals surface area contributed by atoms with Crippen molar-refractivity contribution < 1.29 is 35.8 Å². The van der Waals surface area contributed by atoms with E-state index in [0.29, 0.717) is 4.90 Å². The first-order valence-electron chi connectivity index (χ1n) is 5.58. The Morgan fingerprint density at radius 1 is 1.29 bits per heavy atom. The summed E-state index contributed by atoms with van der Waals surface area (Å²) in [6.45, 7) is -0.666. The molecule has 6 nitrogen and oxygen atoms in total. The van der Waals surface area contributed by atoms with Crippen molar-refractivity contribution in [2.75, 3.05) is 11.4 Å². The SMILES string of the molecule is O=C(O)c1ccc(N2CC(S(=O)(=O)F)CC2=O)c(F)c1F. The van der Waals surface area contributed by atoms with Crippen LogP contribution in [0.25, 0.3) is 0 Å². The van der Waals surface area contributed by atoms with E-state index in [4.69, 9.17) is 5.11 Å². The Balaban J connectivity index is 2.42. The van der Waals surface area contributed by atoms with Crippen LogP contribution in [0.1, 0.15) is 16.8 Å². The van der Waals surface area contributed by atoms with E-state index >= 15 is 0 Å². The number of carboxylic acid groups (broad SMARTS) is 1. The van der Waals surface area contributed by atoms with Crippen molar-refractivity contribution in [3.05, 3.63) is 29.3 Å². The lowest BCUT2D eigenvalue weighted by molar-refractivity contribution is -0.117. The predicted molar refractivity (Wildman–Crippen MR) is 64.1 cm³/mol. The number of carbonyl (C=O) groups is 2. The molecule has 0 aromatic heterocycles. The summed E-state index contributed by atoms with van der Waals surface area (Å²) in [5, 5.41) is 6.97. The van der Waals surface area contributed by atoms with Gasteiger partial charge in [0.05, 0.1) is 11.3 Å². The molecule has 114 valence electrons. The van der Waals surface area contributed by atoms with Gasteiger partial charge in [0.2, 0.25) is 5.91 Å². The molecule has 1 fully saturated rings. The molecule has 2 rings (SSSR count). The third-order valence-electron chi connectivity index (χ3n) is 3.07. The molecule has 1 amide bonds. The molecule has 1 aromatic rings. The summed E-state index contributed by atoms with van der Waals surface area (Å²) >= 11 is 0. The Labute approximate surface area is 117 Å². The minimum atomic E-state index is -4.99. The standard InChI is InChI=1S/C11H8F3NO5S/c12-9-6(11(17)18)1-2-7(10(9)13)15-4-5(3-8(15)16)21(14,19)20/h1-2,5H,3-4H2,(H,17,18). The molecule has 1 aliphatic heterocycles. The first-order chi connectivity index (χ1) is 9.62. The molecule has 1 N–H and O–H groups in total. The average molecular weight is 323 g/mol. The highest BCUT2D eigenvalue weighted by Gasteiger charge is 2.40. The highest BCUT2D eigenvalue weighted by molar-refractivity contribution is 7.87. The number of aromatic carboxylic acids is 1. The monoisotopic (exact) mass is 323 g/mol. The smallest absolute Gasteiger partial charge is 0.338 e. The highest BCUT2D eigenvalue weighted by atomic mass is 32.3. The second-order valence-corrected chi connectivity index (χ2v) is 5.99. The summed E-state index contributed by atoms with van der Waals surface area (Å²) in [6, 6.07) is 1.56. The highest BCUT2D eigenvalue weighted by Crippen LogP contribution is 2.30. The average Bonchev–Trinajstić information content (AvgIpc) is 2.74. The molecule has 1 heterocycles. The fourth-order valence-electron chi connectivity index (χ4n) is 2.01. The van der Waals surface area contributed by atoms with E-state index in [-0.39, 0.29) is 0 Å². The molecule has 0 saturated carbocycles. The molecule has 0 bridgehead atoms. The summed E-state index contributed by atoms with van der Waals surface area (Å²) < 4.78 is 61.7. The number of benzene rings is 1. The van der Waals surface area contributed by atoms with Crippen LogP contribution >= 0.6 is 0 Å². The van der Waals surface area contributed by atoms with E-state index in [9.17, 15) is 30.7 Å². The molecule has 0 spiro atoms. The molecule has 1 saturated heterocycles. The lowest BCUT2D eigenvalue weighted by Gasteiger charge is -2.17. The first kappa shape index (κ1) is 15.3. The van der Waals surface area contributed by atoms with Crippen LogP contribution in [0, 0.1) is 11.6 Å². The molecule has 1 aromatic carbocycles. The van der Waals surface area contributed by atoms with E-state index in [1.165, 1.54) is 0 Å². The largest absolute Gasteiger partial charge is 0.478 e.